The third-order valence-corrected chi connectivity index (χ3v) is 9.59. The van der Waals surface area contributed by atoms with Gasteiger partial charge in [0.15, 0.2) is 0 Å². The molecule has 7 atom stereocenters. The first-order valence-corrected chi connectivity index (χ1v) is 20.8. The van der Waals surface area contributed by atoms with Crippen LogP contribution < -0.4 is 47.9 Å². The quantitative estimate of drug-likeness (QED) is 0.0379. The van der Waals surface area contributed by atoms with Gasteiger partial charge in [-0.15, -0.1) is 0 Å². The number of carbonyl (C=O) groups excluding carboxylic acids is 5. The molecule has 1 fully saturated rings. The molecule has 0 aliphatic carbocycles. The molecule has 1 saturated heterocycles. The minimum absolute atomic E-state index is 0.0664. The van der Waals surface area contributed by atoms with Crippen molar-refractivity contribution in [1.82, 2.24) is 31.9 Å². The molecular formula is C36H61N8O12P. The maximum atomic E-state index is 13.9. The van der Waals surface area contributed by atoms with E-state index >= 15 is 0 Å². The van der Waals surface area contributed by atoms with Gasteiger partial charge in [-0.1, -0.05) is 26.0 Å². The predicted molar refractivity (Wildman–Crippen MR) is 208 cm³/mol. The van der Waals surface area contributed by atoms with Crippen LogP contribution in [0.15, 0.2) is 24.3 Å². The zero-order valence-corrected chi connectivity index (χ0v) is 33.7. The SMILES string of the molecule is CC(C)C[C@H](NC(=O)[C@H](Cc1ccc(OP(=O)(O)O)cc1)NC(=O)[C@@H]1CCCN1)C(=O)N[C@@H](CCCCN)C(=O)N[C@H](C(=O)N[C@@H](CCCCN)C(=O)O)[C@@H](C)O. The molecule has 1 aromatic rings. The molecule has 0 saturated carbocycles. The highest BCUT2D eigenvalue weighted by Crippen LogP contribution is 2.37. The molecule has 0 unspecified atom stereocenters. The monoisotopic (exact) mass is 828 g/mol. The van der Waals surface area contributed by atoms with Gasteiger partial charge in [-0.3, -0.25) is 33.8 Å². The van der Waals surface area contributed by atoms with Crippen molar-refractivity contribution >= 4 is 43.3 Å². The number of phosphoric ester groups is 1. The number of amides is 5. The summed E-state index contributed by atoms with van der Waals surface area (Å²) in [5.74, 6) is -5.23. The Bertz CT molecular complexity index is 1520. The molecule has 0 radical (unpaired) electrons. The van der Waals surface area contributed by atoms with E-state index in [4.69, 9.17) is 21.3 Å². The summed E-state index contributed by atoms with van der Waals surface area (Å²) < 4.78 is 15.8. The fourth-order valence-electron chi connectivity index (χ4n) is 6.13. The first-order valence-electron chi connectivity index (χ1n) is 19.2. The van der Waals surface area contributed by atoms with Crippen molar-refractivity contribution in [3.8, 4) is 5.75 Å². The lowest BCUT2D eigenvalue weighted by molar-refractivity contribution is -0.143. The lowest BCUT2D eigenvalue weighted by Gasteiger charge is -2.28. The summed E-state index contributed by atoms with van der Waals surface area (Å²) in [6.07, 6.45) is 1.84. The van der Waals surface area contributed by atoms with E-state index in [0.717, 1.165) is 6.42 Å². The number of carbonyl (C=O) groups is 6. The molecule has 5 amide bonds. The summed E-state index contributed by atoms with van der Waals surface area (Å²) in [4.78, 5) is 97.9. The highest BCUT2D eigenvalue weighted by atomic mass is 31.2. The molecule has 21 heteroatoms. The first-order chi connectivity index (χ1) is 26.8. The zero-order chi connectivity index (χ0) is 42.7. The molecular weight excluding hydrogens is 767 g/mol. The second kappa shape index (κ2) is 24.6. The van der Waals surface area contributed by atoms with Gasteiger partial charge in [0.05, 0.1) is 12.1 Å². The standard InChI is InChI=1S/C36H61N8O12P/c1-21(2)19-28(42-34(49)29(43-31(46)25-11-8-18-39-25)20-23-12-14-24(15-13-23)56-57(53,54)55)33(48)40-26(9-4-6-16-37)32(47)44-30(22(3)45)35(50)41-27(36(51)52)10-5-7-17-38/h12-15,21-22,25-30,39,45H,4-11,16-20,37-38H2,1-3H3,(H,40,48)(H,41,50)(H,42,49)(H,43,46)(H,44,47)(H,51,52)(H2,53,54,55)/t22-,25+,26+,27+,28+,29+,30+/m1/s1. The Labute approximate surface area is 332 Å². The Morgan fingerprint density at radius 3 is 1.84 bits per heavy atom. The average Bonchev–Trinajstić information content (AvgIpc) is 3.68. The minimum Gasteiger partial charge on any atom is -0.480 e. The Hall–Kier alpha value is -4.17. The summed E-state index contributed by atoms with van der Waals surface area (Å²) in [6, 6.07) is -1.54. The van der Waals surface area contributed by atoms with Crippen LogP contribution in [-0.2, 0) is 39.8 Å². The van der Waals surface area contributed by atoms with Gasteiger partial charge >= 0.3 is 13.8 Å². The summed E-state index contributed by atoms with van der Waals surface area (Å²) in [7, 11) is -4.82. The van der Waals surface area contributed by atoms with Crippen LogP contribution in [0.3, 0.4) is 0 Å². The molecule has 1 heterocycles. The number of aliphatic carboxylic acids is 1. The molecule has 322 valence electrons. The number of carboxylic acid groups (broad SMARTS) is 1. The van der Waals surface area contributed by atoms with Crippen LogP contribution >= 0.6 is 7.82 Å². The van der Waals surface area contributed by atoms with Gasteiger partial charge in [-0.05, 0) is 108 Å². The third-order valence-electron chi connectivity index (χ3n) is 9.14. The lowest BCUT2D eigenvalue weighted by atomic mass is 9.99. The number of nitrogens with two attached hydrogens (primary N) is 2. The Balaban J connectivity index is 2.31. The fourth-order valence-corrected chi connectivity index (χ4v) is 6.53. The molecule has 14 N–H and O–H groups in total. The molecule has 1 aliphatic rings. The zero-order valence-electron chi connectivity index (χ0n) is 32.8. The number of rotatable bonds is 26. The van der Waals surface area contributed by atoms with E-state index in [-0.39, 0.29) is 43.9 Å². The van der Waals surface area contributed by atoms with Gasteiger partial charge in [-0.25, -0.2) is 9.36 Å². The lowest BCUT2D eigenvalue weighted by Crippen LogP contribution is -2.61. The number of phosphoric acid groups is 1. The van der Waals surface area contributed by atoms with Crippen molar-refractivity contribution < 1.29 is 57.9 Å². The van der Waals surface area contributed by atoms with Gasteiger partial charge in [0, 0.05) is 6.42 Å². The van der Waals surface area contributed by atoms with Gasteiger partial charge in [-0.2, -0.15) is 0 Å². The fraction of sp³-hybridized carbons (Fsp3) is 0.667. The largest absolute Gasteiger partial charge is 0.524 e. The van der Waals surface area contributed by atoms with Crippen LogP contribution in [0.25, 0.3) is 0 Å². The number of unbranched alkanes of at least 4 members (excludes halogenated alkanes) is 2. The van der Waals surface area contributed by atoms with Crippen LogP contribution in [0.5, 0.6) is 5.75 Å². The van der Waals surface area contributed by atoms with Gasteiger partial charge < -0.3 is 58.1 Å². The summed E-state index contributed by atoms with van der Waals surface area (Å²) in [6.45, 7) is 6.11. The first kappa shape index (κ1) is 49.0. The van der Waals surface area contributed by atoms with Crippen LogP contribution in [-0.4, -0.2) is 117 Å². The number of hydrogen-bond donors (Lipinski definition) is 12. The minimum atomic E-state index is -4.82. The van der Waals surface area contributed by atoms with Crippen molar-refractivity contribution in [2.75, 3.05) is 19.6 Å². The molecule has 2 rings (SSSR count). The molecule has 0 spiro atoms. The van der Waals surface area contributed by atoms with Gasteiger partial charge in [0.25, 0.3) is 0 Å². The number of carboxylic acids is 1. The van der Waals surface area contributed by atoms with Crippen molar-refractivity contribution in [2.45, 2.75) is 127 Å². The maximum absolute atomic E-state index is 13.9. The Morgan fingerprint density at radius 1 is 0.789 bits per heavy atom. The third kappa shape index (κ3) is 18.3. The predicted octanol–water partition coefficient (Wildman–Crippen LogP) is -1.35. The molecule has 20 nitrogen and oxygen atoms in total. The van der Waals surface area contributed by atoms with Crippen molar-refractivity contribution in [3.63, 3.8) is 0 Å². The average molecular weight is 829 g/mol. The van der Waals surface area contributed by atoms with Crippen molar-refractivity contribution in [2.24, 2.45) is 17.4 Å². The van der Waals surface area contributed by atoms with Crippen LogP contribution in [0.2, 0.25) is 0 Å². The number of nitrogens with one attached hydrogen (secondary N) is 6. The number of aliphatic hydroxyl groups is 1. The van der Waals surface area contributed by atoms with E-state index in [2.05, 4.69) is 36.4 Å². The smallest absolute Gasteiger partial charge is 0.480 e. The van der Waals surface area contributed by atoms with E-state index in [1.54, 1.807) is 0 Å². The molecule has 57 heavy (non-hydrogen) atoms. The van der Waals surface area contributed by atoms with Crippen molar-refractivity contribution in [1.29, 1.82) is 0 Å². The van der Waals surface area contributed by atoms with Crippen LogP contribution in [0.1, 0.15) is 84.1 Å². The number of hydrogen-bond acceptors (Lipinski definition) is 12. The number of aliphatic hydroxyl groups excluding tert-OH is 1. The molecule has 0 bridgehead atoms. The van der Waals surface area contributed by atoms with E-state index < -0.39 is 85.7 Å². The summed E-state index contributed by atoms with van der Waals surface area (Å²) >= 11 is 0. The van der Waals surface area contributed by atoms with Gasteiger partial charge in [0.2, 0.25) is 29.5 Å². The molecule has 1 aromatic carbocycles. The molecule has 0 aromatic heterocycles. The van der Waals surface area contributed by atoms with E-state index in [9.17, 15) is 43.5 Å². The second-order valence-corrected chi connectivity index (χ2v) is 15.8. The van der Waals surface area contributed by atoms with E-state index in [0.29, 0.717) is 50.8 Å². The normalized spacial score (nSPS) is 17.3. The van der Waals surface area contributed by atoms with Crippen LogP contribution in [0, 0.1) is 5.92 Å². The second-order valence-electron chi connectivity index (χ2n) is 14.6. The summed E-state index contributed by atoms with van der Waals surface area (Å²) in [5, 5.41) is 36.0. The van der Waals surface area contributed by atoms with Crippen LogP contribution in [0.4, 0.5) is 0 Å². The highest BCUT2D eigenvalue weighted by Gasteiger charge is 2.35. The van der Waals surface area contributed by atoms with E-state index in [1.165, 1.54) is 31.2 Å². The Kier molecular flexibility index (Phi) is 21.1. The number of benzene rings is 1. The maximum Gasteiger partial charge on any atom is 0.524 e. The summed E-state index contributed by atoms with van der Waals surface area (Å²) in [5.41, 5.74) is 11.7. The van der Waals surface area contributed by atoms with Gasteiger partial charge in [0.1, 0.15) is 36.0 Å². The molecule has 1 aliphatic heterocycles. The highest BCUT2D eigenvalue weighted by molar-refractivity contribution is 7.46. The topological polar surface area (TPSA) is 334 Å². The van der Waals surface area contributed by atoms with Crippen molar-refractivity contribution in [3.05, 3.63) is 29.8 Å². The van der Waals surface area contributed by atoms with E-state index in [1.807, 2.05) is 13.8 Å². The Morgan fingerprint density at radius 2 is 1.33 bits per heavy atom.